The number of hydrogen-bond donors (Lipinski definition) is 1. The number of nitrogens with zero attached hydrogens (tertiary/aromatic N) is 4. The predicted octanol–water partition coefficient (Wildman–Crippen LogP) is 2.45. The Morgan fingerprint density at radius 2 is 1.96 bits per heavy atom. The van der Waals surface area contributed by atoms with Gasteiger partial charge < -0.3 is 9.73 Å². The van der Waals surface area contributed by atoms with Crippen LogP contribution >= 0.6 is 0 Å². The van der Waals surface area contributed by atoms with Crippen LogP contribution in [-0.4, -0.2) is 25.7 Å². The number of carbonyl (C=O) groups is 1. The predicted molar refractivity (Wildman–Crippen MR) is 86.1 cm³/mol. The lowest BCUT2D eigenvalue weighted by Gasteiger charge is -2.04. The van der Waals surface area contributed by atoms with Gasteiger partial charge in [0.05, 0.1) is 24.1 Å². The Labute approximate surface area is 141 Å². The Morgan fingerprint density at radius 3 is 2.72 bits per heavy atom. The number of furan rings is 1. The number of halogens is 1. The van der Waals surface area contributed by atoms with Gasteiger partial charge in [-0.3, -0.25) is 4.79 Å². The third kappa shape index (κ3) is 2.97. The lowest BCUT2D eigenvalue weighted by molar-refractivity contribution is 0.0949. The second-order valence-corrected chi connectivity index (χ2v) is 5.31. The number of hydrogen-bond acceptors (Lipinski definition) is 5. The molecule has 25 heavy (non-hydrogen) atoms. The Kier molecular flexibility index (Phi) is 3.70. The van der Waals surface area contributed by atoms with Crippen molar-refractivity contribution in [1.82, 2.24) is 25.1 Å². The number of benzene rings is 1. The van der Waals surface area contributed by atoms with Crippen molar-refractivity contribution < 1.29 is 13.6 Å². The van der Waals surface area contributed by atoms with E-state index in [0.29, 0.717) is 22.7 Å². The van der Waals surface area contributed by atoms with E-state index in [4.69, 9.17) is 4.42 Å². The molecule has 3 aromatic heterocycles. The Balaban J connectivity index is 1.60. The first kappa shape index (κ1) is 15.0. The standard InChI is InChI=1S/C17H12FN5O2/c18-13-3-1-11(2-4-13)14-5-6-15-20-21-16(23(15)22-14)9-19-17(24)12-7-8-25-10-12/h1-8,10H,9H2,(H,19,24). The van der Waals surface area contributed by atoms with E-state index in [0.717, 1.165) is 5.56 Å². The van der Waals surface area contributed by atoms with E-state index in [2.05, 4.69) is 20.6 Å². The zero-order chi connectivity index (χ0) is 17.2. The van der Waals surface area contributed by atoms with Crippen molar-refractivity contribution in [2.45, 2.75) is 6.54 Å². The minimum absolute atomic E-state index is 0.158. The van der Waals surface area contributed by atoms with Gasteiger partial charge in [-0.1, -0.05) is 0 Å². The number of amides is 1. The van der Waals surface area contributed by atoms with Crippen molar-refractivity contribution in [2.24, 2.45) is 0 Å². The summed E-state index contributed by atoms with van der Waals surface area (Å²) in [5.74, 6) is -0.104. The summed E-state index contributed by atoms with van der Waals surface area (Å²) in [6, 6.07) is 11.2. The van der Waals surface area contributed by atoms with Crippen molar-refractivity contribution in [3.05, 3.63) is 72.2 Å². The molecule has 0 bridgehead atoms. The van der Waals surface area contributed by atoms with Gasteiger partial charge in [0.25, 0.3) is 5.91 Å². The van der Waals surface area contributed by atoms with Gasteiger partial charge in [-0.15, -0.1) is 10.2 Å². The van der Waals surface area contributed by atoms with Crippen LogP contribution in [0.3, 0.4) is 0 Å². The van der Waals surface area contributed by atoms with Crippen LogP contribution in [0.25, 0.3) is 16.9 Å². The number of carbonyl (C=O) groups excluding carboxylic acids is 1. The maximum absolute atomic E-state index is 13.1. The highest BCUT2D eigenvalue weighted by atomic mass is 19.1. The number of nitrogens with one attached hydrogen (secondary N) is 1. The van der Waals surface area contributed by atoms with Crippen molar-refractivity contribution >= 4 is 11.6 Å². The van der Waals surface area contributed by atoms with Crippen molar-refractivity contribution in [3.8, 4) is 11.3 Å². The van der Waals surface area contributed by atoms with Crippen molar-refractivity contribution in [1.29, 1.82) is 0 Å². The van der Waals surface area contributed by atoms with Crippen LogP contribution in [0.5, 0.6) is 0 Å². The van der Waals surface area contributed by atoms with Gasteiger partial charge in [0.1, 0.15) is 12.1 Å². The number of fused-ring (bicyclic) bond motifs is 1. The lowest BCUT2D eigenvalue weighted by atomic mass is 10.1. The normalized spacial score (nSPS) is 10.9. The fourth-order valence-corrected chi connectivity index (χ4v) is 2.37. The molecular formula is C17H12FN5O2. The second kappa shape index (κ2) is 6.16. The van der Waals surface area contributed by atoms with Gasteiger partial charge >= 0.3 is 0 Å². The summed E-state index contributed by atoms with van der Waals surface area (Å²) in [5.41, 5.74) is 2.40. The van der Waals surface area contributed by atoms with E-state index in [1.54, 1.807) is 34.8 Å². The average Bonchev–Trinajstić information content (AvgIpc) is 3.30. The molecule has 0 spiro atoms. The van der Waals surface area contributed by atoms with Crippen LogP contribution in [-0.2, 0) is 6.54 Å². The molecule has 7 nitrogen and oxygen atoms in total. The SMILES string of the molecule is O=C(NCc1nnc2ccc(-c3ccc(F)cc3)nn12)c1ccoc1. The van der Waals surface area contributed by atoms with E-state index >= 15 is 0 Å². The van der Waals surface area contributed by atoms with E-state index < -0.39 is 0 Å². The van der Waals surface area contributed by atoms with Gasteiger partial charge in [-0.2, -0.15) is 9.61 Å². The fraction of sp³-hybridized carbons (Fsp3) is 0.0588. The molecule has 0 atom stereocenters. The number of rotatable bonds is 4. The van der Waals surface area contributed by atoms with Gasteiger partial charge in [0, 0.05) is 5.56 Å². The molecule has 4 aromatic rings. The molecule has 0 aliphatic rings. The molecule has 0 saturated carbocycles. The Bertz CT molecular complexity index is 1030. The highest BCUT2D eigenvalue weighted by Gasteiger charge is 2.12. The van der Waals surface area contributed by atoms with E-state index in [1.807, 2.05) is 0 Å². The molecule has 1 amide bonds. The summed E-state index contributed by atoms with van der Waals surface area (Å²) in [6.45, 7) is 0.158. The summed E-state index contributed by atoms with van der Waals surface area (Å²) in [5, 5.41) is 15.3. The van der Waals surface area contributed by atoms with Crippen LogP contribution in [0.4, 0.5) is 4.39 Å². The van der Waals surface area contributed by atoms with Crippen LogP contribution in [0.2, 0.25) is 0 Å². The highest BCUT2D eigenvalue weighted by molar-refractivity contribution is 5.93. The van der Waals surface area contributed by atoms with Gasteiger partial charge in [-0.25, -0.2) is 4.39 Å². The minimum atomic E-state index is -0.309. The highest BCUT2D eigenvalue weighted by Crippen LogP contribution is 2.17. The van der Waals surface area contributed by atoms with Crippen molar-refractivity contribution in [2.75, 3.05) is 0 Å². The van der Waals surface area contributed by atoms with Gasteiger partial charge in [0.2, 0.25) is 0 Å². The van der Waals surface area contributed by atoms with Crippen LogP contribution in [0.15, 0.2) is 59.4 Å². The second-order valence-electron chi connectivity index (χ2n) is 5.31. The van der Waals surface area contributed by atoms with E-state index in [-0.39, 0.29) is 18.3 Å². The maximum Gasteiger partial charge on any atom is 0.254 e. The summed E-state index contributed by atoms with van der Waals surface area (Å²) in [4.78, 5) is 12.0. The Hall–Kier alpha value is -3.55. The quantitative estimate of drug-likeness (QED) is 0.618. The van der Waals surface area contributed by atoms with Gasteiger partial charge in [0.15, 0.2) is 11.5 Å². The first-order valence-electron chi connectivity index (χ1n) is 7.48. The maximum atomic E-state index is 13.1. The minimum Gasteiger partial charge on any atom is -0.472 e. The molecule has 124 valence electrons. The molecule has 8 heteroatoms. The molecule has 0 unspecified atom stereocenters. The van der Waals surface area contributed by atoms with Crippen LogP contribution < -0.4 is 5.32 Å². The summed E-state index contributed by atoms with van der Waals surface area (Å²) in [7, 11) is 0. The third-order valence-electron chi connectivity index (χ3n) is 3.66. The average molecular weight is 337 g/mol. The van der Waals surface area contributed by atoms with Crippen LogP contribution in [0.1, 0.15) is 16.2 Å². The van der Waals surface area contributed by atoms with Gasteiger partial charge in [-0.05, 0) is 42.5 Å². The third-order valence-corrected chi connectivity index (χ3v) is 3.66. The summed E-state index contributed by atoms with van der Waals surface area (Å²) in [6.07, 6.45) is 2.79. The van der Waals surface area contributed by atoms with E-state index in [9.17, 15) is 9.18 Å². The topological polar surface area (TPSA) is 85.3 Å². The lowest BCUT2D eigenvalue weighted by Crippen LogP contribution is -2.23. The Morgan fingerprint density at radius 1 is 1.12 bits per heavy atom. The molecule has 0 saturated heterocycles. The zero-order valence-corrected chi connectivity index (χ0v) is 12.9. The molecule has 0 fully saturated rings. The monoisotopic (exact) mass is 337 g/mol. The molecule has 1 N–H and O–H groups in total. The zero-order valence-electron chi connectivity index (χ0n) is 12.9. The molecule has 0 radical (unpaired) electrons. The molecule has 0 aliphatic carbocycles. The summed E-state index contributed by atoms with van der Waals surface area (Å²) < 4.78 is 19.5. The number of aromatic nitrogens is 4. The van der Waals surface area contributed by atoms with Crippen molar-refractivity contribution in [3.63, 3.8) is 0 Å². The molecule has 4 rings (SSSR count). The largest absolute Gasteiger partial charge is 0.472 e. The fourth-order valence-electron chi connectivity index (χ4n) is 2.37. The molecule has 1 aromatic carbocycles. The molecule has 0 aliphatic heterocycles. The molecule has 3 heterocycles. The van der Waals surface area contributed by atoms with E-state index in [1.165, 1.54) is 24.7 Å². The summed E-state index contributed by atoms with van der Waals surface area (Å²) >= 11 is 0. The molecular weight excluding hydrogens is 325 g/mol. The first-order chi connectivity index (χ1) is 12.2. The first-order valence-corrected chi connectivity index (χ1v) is 7.48. The smallest absolute Gasteiger partial charge is 0.254 e. The van der Waals surface area contributed by atoms with Crippen LogP contribution in [0, 0.1) is 5.82 Å².